The van der Waals surface area contributed by atoms with Gasteiger partial charge in [0.15, 0.2) is 0 Å². The molecule has 6 nitrogen and oxygen atoms in total. The molecule has 1 heterocycles. The van der Waals surface area contributed by atoms with Gasteiger partial charge in [0.1, 0.15) is 0 Å². The second kappa shape index (κ2) is 4.48. The van der Waals surface area contributed by atoms with Crippen LogP contribution in [-0.2, 0) is 6.54 Å². The van der Waals surface area contributed by atoms with Gasteiger partial charge in [0.25, 0.3) is 0 Å². The van der Waals surface area contributed by atoms with Crippen LogP contribution in [0.1, 0.15) is 12.7 Å². The number of hydrogen-bond acceptors (Lipinski definition) is 4. The van der Waals surface area contributed by atoms with Crippen molar-refractivity contribution in [3.8, 4) is 0 Å². The van der Waals surface area contributed by atoms with Crippen LogP contribution in [0.5, 0.6) is 0 Å². The first-order valence-electron chi connectivity index (χ1n) is 4.20. The van der Waals surface area contributed by atoms with Crippen molar-refractivity contribution in [2.24, 2.45) is 0 Å². The molecule has 1 N–H and O–H groups in total. The zero-order valence-electron chi connectivity index (χ0n) is 8.39. The molecule has 0 bridgehead atoms. The topological polar surface area (TPSA) is 81.2 Å². The maximum absolute atomic E-state index is 10.4. The number of nitrogens with zero attached hydrogens (tertiary/aromatic N) is 3. The summed E-state index contributed by atoms with van der Waals surface area (Å²) in [4.78, 5) is 13.7. The number of aromatic nitrogens is 2. The predicted molar refractivity (Wildman–Crippen MR) is 50.0 cm³/mol. The molecule has 0 aliphatic heterocycles. The van der Waals surface area contributed by atoms with Crippen molar-refractivity contribution < 1.29 is 10.0 Å². The van der Waals surface area contributed by atoms with E-state index >= 15 is 0 Å². The molecular formula is C7H10N3O3Rb. The quantitative estimate of drug-likeness (QED) is 0.617. The molecule has 7 heteroatoms. The fourth-order valence-corrected chi connectivity index (χ4v) is 1.99. The van der Waals surface area contributed by atoms with E-state index < -0.39 is 3.59 Å². The van der Waals surface area contributed by atoms with Gasteiger partial charge in [-0.3, -0.25) is 0 Å². The maximum atomic E-state index is 10.4. The van der Waals surface area contributed by atoms with Crippen molar-refractivity contribution in [1.82, 2.24) is 9.55 Å². The Morgan fingerprint density at radius 1 is 1.86 bits per heavy atom. The SMILES string of the molecule is Cc1nc([N+](=O)[O-])cn1C[C](C)(O)[Rb]. The van der Waals surface area contributed by atoms with Crippen LogP contribution in [0.25, 0.3) is 0 Å². The molecule has 0 fully saturated rings. The van der Waals surface area contributed by atoms with Crippen LogP contribution in [-0.4, -0.2) is 73.8 Å². The summed E-state index contributed by atoms with van der Waals surface area (Å²) in [7, 11) is 0. The van der Waals surface area contributed by atoms with E-state index in [1.807, 2.05) is 0 Å². The molecule has 14 heavy (non-hydrogen) atoms. The summed E-state index contributed by atoms with van der Waals surface area (Å²) in [6.07, 6.45) is 1.36. The number of rotatable bonds is 3. The van der Waals surface area contributed by atoms with Crippen LogP contribution in [0, 0.1) is 17.0 Å². The Labute approximate surface area is 120 Å². The first-order valence-corrected chi connectivity index (χ1v) is 6.66. The van der Waals surface area contributed by atoms with Crippen molar-refractivity contribution in [3.05, 3.63) is 22.1 Å². The fourth-order valence-electron chi connectivity index (χ4n) is 1.16. The Bertz CT molecular complexity index is 356. The molecule has 0 aliphatic carbocycles. The van der Waals surface area contributed by atoms with E-state index in [9.17, 15) is 15.2 Å². The molecule has 1 aromatic heterocycles. The van der Waals surface area contributed by atoms with Gasteiger partial charge in [-0.1, -0.05) is 0 Å². The second-order valence-corrected chi connectivity index (χ2v) is 9.14. The molecule has 0 radical (unpaired) electrons. The molecule has 1 aromatic rings. The molecule has 72 valence electrons. The van der Waals surface area contributed by atoms with Gasteiger partial charge in [0.2, 0.25) is 0 Å². The molecule has 1 unspecified atom stereocenters. The monoisotopic (exact) mass is 269 g/mol. The Hall–Kier alpha value is 0.375. The second-order valence-electron chi connectivity index (χ2n) is 3.84. The van der Waals surface area contributed by atoms with Crippen LogP contribution in [0.3, 0.4) is 0 Å². The number of nitro groups is 1. The number of aryl methyl sites for hydroxylation is 1. The van der Waals surface area contributed by atoms with Gasteiger partial charge in [0.05, 0.1) is 0 Å². The minimum atomic E-state index is -0.693. The predicted octanol–water partition coefficient (Wildman–Crippen LogP) is -0.0233. The van der Waals surface area contributed by atoms with Gasteiger partial charge in [0, 0.05) is 0 Å². The number of aliphatic hydroxyl groups is 1. The normalized spacial score (nSPS) is 15.2. The minimum absolute atomic E-state index is 0.0741. The Balaban J connectivity index is 2.94. The van der Waals surface area contributed by atoms with Crippen molar-refractivity contribution >= 4 is 61.4 Å². The van der Waals surface area contributed by atoms with Crippen LogP contribution < -0.4 is 0 Å². The third-order valence-corrected chi connectivity index (χ3v) is 2.48. The molecule has 0 saturated carbocycles. The summed E-state index contributed by atoms with van der Waals surface area (Å²) >= 11 is 0.0741. The van der Waals surface area contributed by atoms with E-state index in [4.69, 9.17) is 0 Å². The third-order valence-electron chi connectivity index (χ3n) is 1.71. The van der Waals surface area contributed by atoms with Crippen LogP contribution in [0.2, 0.25) is 0 Å². The van der Waals surface area contributed by atoms with E-state index in [1.165, 1.54) is 6.20 Å². The van der Waals surface area contributed by atoms with Crippen LogP contribution in [0.15, 0.2) is 6.20 Å². The van der Waals surface area contributed by atoms with Crippen molar-refractivity contribution in [3.63, 3.8) is 0 Å². The van der Waals surface area contributed by atoms with E-state index in [-0.39, 0.29) is 61.4 Å². The van der Waals surface area contributed by atoms with Gasteiger partial charge in [-0.25, -0.2) is 0 Å². The molecule has 1 rings (SSSR count). The summed E-state index contributed by atoms with van der Waals surface area (Å²) in [5.74, 6) is 0.395. The summed E-state index contributed by atoms with van der Waals surface area (Å²) < 4.78 is 0.927. The molecule has 0 spiro atoms. The van der Waals surface area contributed by atoms with E-state index in [1.54, 1.807) is 18.4 Å². The summed E-state index contributed by atoms with van der Waals surface area (Å²) in [6, 6.07) is 0. The molecule has 0 amide bonds. The summed E-state index contributed by atoms with van der Waals surface area (Å²) in [5.41, 5.74) is 0. The van der Waals surface area contributed by atoms with E-state index in [0.717, 1.165) is 0 Å². The Morgan fingerprint density at radius 2 is 2.43 bits per heavy atom. The van der Waals surface area contributed by atoms with Crippen molar-refractivity contribution in [2.75, 3.05) is 0 Å². The molecule has 0 aromatic carbocycles. The Kier molecular flexibility index (Phi) is 3.99. The number of imidazole rings is 1. The standard InChI is InChI=1S/C7H10N3O3.Rb/c1-5(11)3-9-4-7(10(12)13)8-6(9)2;/h4,11H,3H2,1-2H3;. The third kappa shape index (κ3) is 3.50. The van der Waals surface area contributed by atoms with Crippen molar-refractivity contribution in [1.29, 1.82) is 0 Å². The first kappa shape index (κ1) is 12.4. The van der Waals surface area contributed by atoms with Gasteiger partial charge in [-0.15, -0.1) is 0 Å². The fraction of sp³-hybridized carbons (Fsp3) is 0.571. The number of hydrogen-bond donors (Lipinski definition) is 1. The van der Waals surface area contributed by atoms with Gasteiger partial charge >= 0.3 is 122 Å². The zero-order chi connectivity index (χ0) is 10.9. The molecular weight excluding hydrogens is 260 g/mol. The van der Waals surface area contributed by atoms with Crippen LogP contribution in [0.4, 0.5) is 5.82 Å². The van der Waals surface area contributed by atoms with Crippen molar-refractivity contribution in [2.45, 2.75) is 19.1 Å². The van der Waals surface area contributed by atoms with E-state index in [2.05, 4.69) is 4.98 Å². The zero-order valence-corrected chi connectivity index (χ0v) is 13.3. The molecule has 0 aliphatic rings. The van der Waals surface area contributed by atoms with Crippen LogP contribution >= 0.6 is 0 Å². The van der Waals surface area contributed by atoms with E-state index in [0.29, 0.717) is 12.4 Å². The average molecular weight is 270 g/mol. The molecule has 0 saturated heterocycles. The summed E-state index contributed by atoms with van der Waals surface area (Å²) in [5, 5.41) is 20.0. The molecule has 1 atom stereocenters. The first-order chi connectivity index (χ1) is 6.29. The average Bonchev–Trinajstić information content (AvgIpc) is 2.29. The van der Waals surface area contributed by atoms with Gasteiger partial charge in [-0.2, -0.15) is 0 Å². The Morgan fingerprint density at radius 3 is 2.79 bits per heavy atom. The summed E-state index contributed by atoms with van der Waals surface area (Å²) in [6.45, 7) is 3.80. The van der Waals surface area contributed by atoms with Gasteiger partial charge < -0.3 is 0 Å². The van der Waals surface area contributed by atoms with Gasteiger partial charge in [-0.05, 0) is 0 Å².